The molecule has 1 amide bonds. The van der Waals surface area contributed by atoms with Crippen LogP contribution in [0.15, 0.2) is 0 Å². The van der Waals surface area contributed by atoms with E-state index in [0.717, 1.165) is 6.42 Å². The molecule has 1 unspecified atom stereocenters. The smallest absolute Gasteiger partial charge is 0.246 e. The SMILES string of the molecule is CCC(CCO)NC(=O)COCC1CC1. The Bertz CT molecular complexity index is 192. The summed E-state index contributed by atoms with van der Waals surface area (Å²) in [5.41, 5.74) is 0. The van der Waals surface area contributed by atoms with Crippen LogP contribution in [-0.2, 0) is 9.53 Å². The van der Waals surface area contributed by atoms with Crippen molar-refractivity contribution in [1.82, 2.24) is 5.32 Å². The predicted octanol–water partition coefficient (Wildman–Crippen LogP) is 0.690. The molecule has 1 atom stereocenters. The minimum absolute atomic E-state index is 0.0732. The van der Waals surface area contributed by atoms with Crippen LogP contribution in [0.25, 0.3) is 0 Å². The molecule has 1 rings (SSSR count). The second-order valence-corrected chi connectivity index (χ2v) is 4.14. The Kier molecular flexibility index (Phi) is 5.65. The highest BCUT2D eigenvalue weighted by atomic mass is 16.5. The van der Waals surface area contributed by atoms with Crippen molar-refractivity contribution in [2.75, 3.05) is 19.8 Å². The van der Waals surface area contributed by atoms with E-state index in [1.807, 2.05) is 6.92 Å². The molecule has 1 aliphatic carbocycles. The van der Waals surface area contributed by atoms with Gasteiger partial charge in [0.1, 0.15) is 6.61 Å². The standard InChI is InChI=1S/C11H21NO3/c1-2-10(5-6-13)12-11(14)8-15-7-9-3-4-9/h9-10,13H,2-8H2,1H3,(H,12,14). The number of carbonyl (C=O) groups is 1. The van der Waals surface area contributed by atoms with Gasteiger partial charge in [0.05, 0.1) is 6.61 Å². The Morgan fingerprint density at radius 1 is 1.60 bits per heavy atom. The van der Waals surface area contributed by atoms with E-state index in [1.54, 1.807) is 0 Å². The molecule has 1 fully saturated rings. The number of aliphatic hydroxyl groups is 1. The third-order valence-corrected chi connectivity index (χ3v) is 2.62. The Labute approximate surface area is 91.0 Å². The maximum Gasteiger partial charge on any atom is 0.246 e. The minimum Gasteiger partial charge on any atom is -0.396 e. The molecule has 0 aromatic heterocycles. The summed E-state index contributed by atoms with van der Waals surface area (Å²) in [7, 11) is 0. The molecule has 0 aliphatic heterocycles. The van der Waals surface area contributed by atoms with Crippen LogP contribution in [0.4, 0.5) is 0 Å². The Morgan fingerprint density at radius 2 is 2.33 bits per heavy atom. The largest absolute Gasteiger partial charge is 0.396 e. The number of carbonyl (C=O) groups excluding carboxylic acids is 1. The molecule has 0 spiro atoms. The number of ether oxygens (including phenoxy) is 1. The Balaban J connectivity index is 2.03. The fourth-order valence-electron chi connectivity index (χ4n) is 1.41. The first kappa shape index (κ1) is 12.5. The molecule has 1 aliphatic rings. The summed E-state index contributed by atoms with van der Waals surface area (Å²) in [6.07, 6.45) is 3.94. The molecule has 88 valence electrons. The topological polar surface area (TPSA) is 58.6 Å². The first-order valence-corrected chi connectivity index (χ1v) is 5.74. The maximum absolute atomic E-state index is 11.4. The minimum atomic E-state index is -0.0732. The molecular weight excluding hydrogens is 194 g/mol. The van der Waals surface area contributed by atoms with Gasteiger partial charge in [-0.3, -0.25) is 4.79 Å². The highest BCUT2D eigenvalue weighted by molar-refractivity contribution is 5.77. The van der Waals surface area contributed by atoms with Gasteiger partial charge in [0.25, 0.3) is 0 Å². The van der Waals surface area contributed by atoms with E-state index < -0.39 is 0 Å². The average Bonchev–Trinajstić information content (AvgIpc) is 3.01. The number of hydrogen-bond donors (Lipinski definition) is 2. The lowest BCUT2D eigenvalue weighted by molar-refractivity contribution is -0.126. The van der Waals surface area contributed by atoms with Crippen LogP contribution in [0.1, 0.15) is 32.6 Å². The molecule has 15 heavy (non-hydrogen) atoms. The molecule has 0 aromatic rings. The predicted molar refractivity (Wildman–Crippen MR) is 57.5 cm³/mol. The van der Waals surface area contributed by atoms with Crippen LogP contribution in [-0.4, -0.2) is 36.9 Å². The van der Waals surface area contributed by atoms with Crippen molar-refractivity contribution in [1.29, 1.82) is 0 Å². The van der Waals surface area contributed by atoms with Crippen LogP contribution < -0.4 is 5.32 Å². The van der Waals surface area contributed by atoms with Gasteiger partial charge in [-0.15, -0.1) is 0 Å². The Hall–Kier alpha value is -0.610. The number of amides is 1. The van der Waals surface area contributed by atoms with Crippen LogP contribution >= 0.6 is 0 Å². The third kappa shape index (κ3) is 5.74. The highest BCUT2D eigenvalue weighted by Gasteiger charge is 2.21. The van der Waals surface area contributed by atoms with Crippen molar-refractivity contribution in [3.05, 3.63) is 0 Å². The number of hydrogen-bond acceptors (Lipinski definition) is 3. The van der Waals surface area contributed by atoms with Gasteiger partial charge >= 0.3 is 0 Å². The molecule has 0 heterocycles. The zero-order chi connectivity index (χ0) is 11.1. The summed E-state index contributed by atoms with van der Waals surface area (Å²) in [5, 5.41) is 11.6. The summed E-state index contributed by atoms with van der Waals surface area (Å²) in [4.78, 5) is 11.4. The van der Waals surface area contributed by atoms with E-state index in [2.05, 4.69) is 5.32 Å². The van der Waals surface area contributed by atoms with Gasteiger partial charge in [0.2, 0.25) is 5.91 Å². The quantitative estimate of drug-likeness (QED) is 0.626. The number of aliphatic hydroxyl groups excluding tert-OH is 1. The molecule has 4 nitrogen and oxygen atoms in total. The summed E-state index contributed by atoms with van der Waals surface area (Å²) < 4.78 is 5.27. The summed E-state index contributed by atoms with van der Waals surface area (Å²) in [6.45, 7) is 2.97. The molecule has 0 bridgehead atoms. The summed E-state index contributed by atoms with van der Waals surface area (Å²) in [5.74, 6) is 0.619. The van der Waals surface area contributed by atoms with Gasteiger partial charge < -0.3 is 15.2 Å². The van der Waals surface area contributed by atoms with Crippen molar-refractivity contribution < 1.29 is 14.6 Å². The van der Waals surface area contributed by atoms with Crippen LogP contribution in [0.5, 0.6) is 0 Å². The monoisotopic (exact) mass is 215 g/mol. The second-order valence-electron chi connectivity index (χ2n) is 4.14. The lowest BCUT2D eigenvalue weighted by Crippen LogP contribution is -2.37. The molecule has 0 radical (unpaired) electrons. The van der Waals surface area contributed by atoms with E-state index in [1.165, 1.54) is 12.8 Å². The van der Waals surface area contributed by atoms with Crippen molar-refractivity contribution in [2.45, 2.75) is 38.6 Å². The van der Waals surface area contributed by atoms with Gasteiger partial charge in [0, 0.05) is 12.6 Å². The van der Waals surface area contributed by atoms with Crippen molar-refractivity contribution >= 4 is 5.91 Å². The zero-order valence-electron chi connectivity index (χ0n) is 9.37. The number of rotatable bonds is 8. The molecule has 4 heteroatoms. The van der Waals surface area contributed by atoms with Crippen molar-refractivity contribution in [2.24, 2.45) is 5.92 Å². The molecule has 1 saturated carbocycles. The number of nitrogens with one attached hydrogen (secondary N) is 1. The van der Waals surface area contributed by atoms with Gasteiger partial charge in [-0.1, -0.05) is 6.92 Å². The van der Waals surface area contributed by atoms with Gasteiger partial charge in [-0.25, -0.2) is 0 Å². The molecule has 0 aromatic carbocycles. The normalized spacial score (nSPS) is 17.5. The van der Waals surface area contributed by atoms with E-state index in [9.17, 15) is 4.79 Å². The van der Waals surface area contributed by atoms with Gasteiger partial charge in [-0.05, 0) is 31.6 Å². The average molecular weight is 215 g/mol. The second kappa shape index (κ2) is 6.80. The van der Waals surface area contributed by atoms with Crippen molar-refractivity contribution in [3.63, 3.8) is 0 Å². The van der Waals surface area contributed by atoms with Crippen LogP contribution in [0, 0.1) is 5.92 Å². The van der Waals surface area contributed by atoms with E-state index >= 15 is 0 Å². The molecular formula is C11H21NO3. The van der Waals surface area contributed by atoms with Crippen LogP contribution in [0.3, 0.4) is 0 Å². The van der Waals surface area contributed by atoms with Gasteiger partial charge in [-0.2, -0.15) is 0 Å². The lowest BCUT2D eigenvalue weighted by atomic mass is 10.1. The summed E-state index contributed by atoms with van der Waals surface area (Å²) in [6, 6.07) is 0.0759. The summed E-state index contributed by atoms with van der Waals surface area (Å²) >= 11 is 0. The first-order valence-electron chi connectivity index (χ1n) is 5.74. The van der Waals surface area contributed by atoms with E-state index in [0.29, 0.717) is 18.9 Å². The molecule has 0 saturated heterocycles. The third-order valence-electron chi connectivity index (χ3n) is 2.62. The Morgan fingerprint density at radius 3 is 2.87 bits per heavy atom. The fourth-order valence-corrected chi connectivity index (χ4v) is 1.41. The fraction of sp³-hybridized carbons (Fsp3) is 0.909. The lowest BCUT2D eigenvalue weighted by Gasteiger charge is -2.15. The van der Waals surface area contributed by atoms with E-state index in [-0.39, 0.29) is 25.2 Å². The van der Waals surface area contributed by atoms with Crippen LogP contribution in [0.2, 0.25) is 0 Å². The van der Waals surface area contributed by atoms with Crippen molar-refractivity contribution in [3.8, 4) is 0 Å². The molecule has 2 N–H and O–H groups in total. The highest BCUT2D eigenvalue weighted by Crippen LogP contribution is 2.28. The maximum atomic E-state index is 11.4. The van der Waals surface area contributed by atoms with E-state index in [4.69, 9.17) is 9.84 Å². The zero-order valence-corrected chi connectivity index (χ0v) is 9.37. The van der Waals surface area contributed by atoms with Gasteiger partial charge in [0.15, 0.2) is 0 Å². The first-order chi connectivity index (χ1) is 7.26.